The van der Waals surface area contributed by atoms with E-state index in [0.717, 1.165) is 34.5 Å². The third kappa shape index (κ3) is 5.79. The number of rotatable bonds is 6. The molecule has 2 rings (SSSR count). The molecule has 0 radical (unpaired) electrons. The Labute approximate surface area is 142 Å². The van der Waals surface area contributed by atoms with Crippen LogP contribution in [0.25, 0.3) is 0 Å². The second kappa shape index (κ2) is 10.1. The number of ether oxygens (including phenoxy) is 6. The topological polar surface area (TPSA) is 55.4 Å². The van der Waals surface area contributed by atoms with Gasteiger partial charge in [-0.3, -0.25) is 0 Å². The van der Waals surface area contributed by atoms with Crippen LogP contribution < -0.4 is 28.4 Å². The van der Waals surface area contributed by atoms with Gasteiger partial charge in [-0.15, -0.1) is 0 Å². The molecule has 6 heteroatoms. The molecule has 0 N–H and O–H groups in total. The van der Waals surface area contributed by atoms with Gasteiger partial charge < -0.3 is 28.4 Å². The van der Waals surface area contributed by atoms with E-state index in [9.17, 15) is 0 Å². The van der Waals surface area contributed by atoms with Gasteiger partial charge in [0.05, 0.1) is 42.7 Å². The molecule has 6 nitrogen and oxygen atoms in total. The highest BCUT2D eigenvalue weighted by atomic mass is 16.5. The second-order valence-electron chi connectivity index (χ2n) is 4.50. The third-order valence-electron chi connectivity index (χ3n) is 3.12. The Morgan fingerprint density at radius 1 is 0.333 bits per heavy atom. The van der Waals surface area contributed by atoms with E-state index in [4.69, 9.17) is 28.4 Å². The van der Waals surface area contributed by atoms with Gasteiger partial charge in [0.15, 0.2) is 0 Å². The van der Waals surface area contributed by atoms with Gasteiger partial charge in [0.1, 0.15) is 34.5 Å². The second-order valence-corrected chi connectivity index (χ2v) is 4.50. The van der Waals surface area contributed by atoms with E-state index >= 15 is 0 Å². The first-order chi connectivity index (χ1) is 11.6. The zero-order valence-electron chi connectivity index (χ0n) is 14.9. The molecule has 0 aliphatic heterocycles. The van der Waals surface area contributed by atoms with Crippen LogP contribution in [0, 0.1) is 0 Å². The highest BCUT2D eigenvalue weighted by Gasteiger charge is 2.01. The summed E-state index contributed by atoms with van der Waals surface area (Å²) >= 11 is 0. The highest BCUT2D eigenvalue weighted by molar-refractivity contribution is 5.42. The molecule has 0 saturated heterocycles. The molecule has 2 aromatic rings. The van der Waals surface area contributed by atoms with Crippen molar-refractivity contribution in [1.82, 2.24) is 0 Å². The molecule has 2 aromatic carbocycles. The standard InChI is InChI=1S/2C9H12O3/c2*1-10-7-4-8(11-2)6-9(5-7)12-3/h2*4-6H,1-3H3. The molecular weight excluding hydrogens is 312 g/mol. The minimum atomic E-state index is 0.728. The first-order valence-corrected chi connectivity index (χ1v) is 7.14. The van der Waals surface area contributed by atoms with E-state index in [0.29, 0.717) is 0 Å². The van der Waals surface area contributed by atoms with Crippen LogP contribution in [0.2, 0.25) is 0 Å². The van der Waals surface area contributed by atoms with Crippen molar-refractivity contribution in [2.75, 3.05) is 42.7 Å². The van der Waals surface area contributed by atoms with Crippen LogP contribution in [0.5, 0.6) is 34.5 Å². The van der Waals surface area contributed by atoms with Crippen molar-refractivity contribution in [3.8, 4) is 34.5 Å². The molecule has 0 fully saturated rings. The molecule has 0 spiro atoms. The average molecular weight is 336 g/mol. The molecule has 0 aliphatic carbocycles. The van der Waals surface area contributed by atoms with Gasteiger partial charge in [-0.2, -0.15) is 0 Å². The maximum atomic E-state index is 5.04. The van der Waals surface area contributed by atoms with Gasteiger partial charge in [-0.1, -0.05) is 0 Å². The predicted molar refractivity (Wildman–Crippen MR) is 92.2 cm³/mol. The summed E-state index contributed by atoms with van der Waals surface area (Å²) in [6.07, 6.45) is 0. The van der Waals surface area contributed by atoms with Crippen LogP contribution in [-0.4, -0.2) is 42.7 Å². The number of methoxy groups -OCH3 is 6. The molecule has 0 saturated carbocycles. The lowest BCUT2D eigenvalue weighted by Crippen LogP contribution is -1.89. The average Bonchev–Trinajstić information content (AvgIpc) is 2.67. The van der Waals surface area contributed by atoms with Crippen molar-refractivity contribution in [3.05, 3.63) is 36.4 Å². The minimum absolute atomic E-state index is 0.728. The summed E-state index contributed by atoms with van der Waals surface area (Å²) < 4.78 is 30.2. The molecule has 24 heavy (non-hydrogen) atoms. The molecule has 0 aromatic heterocycles. The zero-order chi connectivity index (χ0) is 17.9. The summed E-state index contributed by atoms with van der Waals surface area (Å²) in [5.41, 5.74) is 0. The fraction of sp³-hybridized carbons (Fsp3) is 0.333. The summed E-state index contributed by atoms with van der Waals surface area (Å²) in [6, 6.07) is 10.8. The monoisotopic (exact) mass is 336 g/mol. The van der Waals surface area contributed by atoms with Crippen LogP contribution in [0.3, 0.4) is 0 Å². The summed E-state index contributed by atoms with van der Waals surface area (Å²) in [5.74, 6) is 4.37. The lowest BCUT2D eigenvalue weighted by Gasteiger charge is -2.06. The zero-order valence-corrected chi connectivity index (χ0v) is 14.9. The van der Waals surface area contributed by atoms with Gasteiger partial charge in [0.2, 0.25) is 0 Å². The molecular formula is C18H24O6. The van der Waals surface area contributed by atoms with E-state index in [-0.39, 0.29) is 0 Å². The smallest absolute Gasteiger partial charge is 0.126 e. The largest absolute Gasteiger partial charge is 0.496 e. The number of hydrogen-bond acceptors (Lipinski definition) is 6. The van der Waals surface area contributed by atoms with E-state index in [1.165, 1.54) is 0 Å². The van der Waals surface area contributed by atoms with Crippen molar-refractivity contribution in [1.29, 1.82) is 0 Å². The molecule has 0 aliphatic rings. The lowest BCUT2D eigenvalue weighted by atomic mass is 10.3. The predicted octanol–water partition coefficient (Wildman–Crippen LogP) is 3.42. The van der Waals surface area contributed by atoms with E-state index in [1.54, 1.807) is 79.1 Å². The summed E-state index contributed by atoms with van der Waals surface area (Å²) in [7, 11) is 9.63. The van der Waals surface area contributed by atoms with Crippen molar-refractivity contribution < 1.29 is 28.4 Å². The Hall–Kier alpha value is -2.76. The van der Waals surface area contributed by atoms with Gasteiger partial charge in [-0.05, 0) is 0 Å². The van der Waals surface area contributed by atoms with Crippen molar-refractivity contribution >= 4 is 0 Å². The maximum absolute atomic E-state index is 5.04. The minimum Gasteiger partial charge on any atom is -0.496 e. The normalized spacial score (nSPS) is 9.25. The van der Waals surface area contributed by atoms with Crippen LogP contribution in [-0.2, 0) is 0 Å². The molecule has 0 unspecified atom stereocenters. The van der Waals surface area contributed by atoms with Crippen LogP contribution in [0.4, 0.5) is 0 Å². The van der Waals surface area contributed by atoms with Gasteiger partial charge >= 0.3 is 0 Å². The summed E-state index contributed by atoms with van der Waals surface area (Å²) in [6.45, 7) is 0. The molecule has 0 atom stereocenters. The Bertz CT molecular complexity index is 461. The van der Waals surface area contributed by atoms with Gasteiger partial charge in [0.25, 0.3) is 0 Å². The fourth-order valence-electron chi connectivity index (χ4n) is 1.80. The van der Waals surface area contributed by atoms with Gasteiger partial charge in [-0.25, -0.2) is 0 Å². The Morgan fingerprint density at radius 3 is 0.542 bits per heavy atom. The Kier molecular flexibility index (Phi) is 8.11. The SMILES string of the molecule is COc1cc(OC)cc(OC)c1.COc1cc(OC)cc(OC)c1. The Balaban J connectivity index is 0.000000240. The van der Waals surface area contributed by atoms with E-state index in [2.05, 4.69) is 0 Å². The fourth-order valence-corrected chi connectivity index (χ4v) is 1.80. The summed E-state index contributed by atoms with van der Waals surface area (Å²) in [4.78, 5) is 0. The lowest BCUT2D eigenvalue weighted by molar-refractivity contribution is 0.375. The van der Waals surface area contributed by atoms with Crippen molar-refractivity contribution in [2.24, 2.45) is 0 Å². The Morgan fingerprint density at radius 2 is 0.458 bits per heavy atom. The number of hydrogen-bond donors (Lipinski definition) is 0. The van der Waals surface area contributed by atoms with Crippen molar-refractivity contribution in [2.45, 2.75) is 0 Å². The van der Waals surface area contributed by atoms with E-state index in [1.807, 2.05) is 0 Å². The van der Waals surface area contributed by atoms with Gasteiger partial charge in [0, 0.05) is 36.4 Å². The highest BCUT2D eigenvalue weighted by Crippen LogP contribution is 2.27. The quantitative estimate of drug-likeness (QED) is 0.806. The van der Waals surface area contributed by atoms with E-state index < -0.39 is 0 Å². The molecule has 0 amide bonds. The molecule has 0 bridgehead atoms. The number of benzene rings is 2. The van der Waals surface area contributed by atoms with Crippen molar-refractivity contribution in [3.63, 3.8) is 0 Å². The summed E-state index contributed by atoms with van der Waals surface area (Å²) in [5, 5.41) is 0. The maximum Gasteiger partial charge on any atom is 0.126 e. The first kappa shape index (κ1) is 19.3. The van der Waals surface area contributed by atoms with Crippen LogP contribution in [0.1, 0.15) is 0 Å². The molecule has 0 heterocycles. The van der Waals surface area contributed by atoms with Crippen LogP contribution >= 0.6 is 0 Å². The third-order valence-corrected chi connectivity index (χ3v) is 3.12. The van der Waals surface area contributed by atoms with Crippen LogP contribution in [0.15, 0.2) is 36.4 Å². The first-order valence-electron chi connectivity index (χ1n) is 7.14. The molecule has 132 valence electrons.